The highest BCUT2D eigenvalue weighted by Gasteiger charge is 2.34. The maximum atomic E-state index is 13.7. The van der Waals surface area contributed by atoms with Crippen LogP contribution in [0.5, 0.6) is 17.2 Å². The smallest absolute Gasteiger partial charge is 0.416 e. The Morgan fingerprint density at radius 3 is 2.11 bits per heavy atom. The minimum absolute atomic E-state index is 0.0977. The second-order valence-corrected chi connectivity index (χ2v) is 10.0. The highest BCUT2D eigenvalue weighted by molar-refractivity contribution is 7.92. The lowest BCUT2D eigenvalue weighted by Crippen LogP contribution is -2.41. The van der Waals surface area contributed by atoms with Crippen molar-refractivity contribution in [3.8, 4) is 17.2 Å². The fourth-order valence-corrected chi connectivity index (χ4v) is 5.02. The molecule has 3 aromatic rings. The van der Waals surface area contributed by atoms with E-state index in [1.165, 1.54) is 57.5 Å². The Balaban J connectivity index is 2.00. The van der Waals surface area contributed by atoms with Gasteiger partial charge >= 0.3 is 6.18 Å². The topological polar surface area (TPSA) is 85.4 Å². The Hall–Kier alpha value is -3.93. The molecule has 0 unspecified atom stereocenters. The molecule has 12 heteroatoms. The van der Waals surface area contributed by atoms with Crippen molar-refractivity contribution in [1.82, 2.24) is 4.90 Å². The molecule has 0 saturated carbocycles. The van der Waals surface area contributed by atoms with Crippen LogP contribution in [0.15, 0.2) is 71.6 Å². The summed E-state index contributed by atoms with van der Waals surface area (Å²) in [5.41, 5.74) is -0.627. The van der Waals surface area contributed by atoms with Crippen molar-refractivity contribution < 1.29 is 40.6 Å². The lowest BCUT2D eigenvalue weighted by Gasteiger charge is -2.27. The molecule has 3 rings (SSSR count). The van der Waals surface area contributed by atoms with Crippen LogP contribution in [0.4, 0.5) is 18.9 Å². The van der Waals surface area contributed by atoms with Crippen LogP contribution in [0.2, 0.25) is 0 Å². The van der Waals surface area contributed by atoms with Crippen molar-refractivity contribution in [2.75, 3.05) is 39.2 Å². The van der Waals surface area contributed by atoms with Gasteiger partial charge in [0.25, 0.3) is 10.0 Å². The zero-order valence-electron chi connectivity index (χ0n) is 21.2. The Morgan fingerprint density at radius 2 is 1.53 bits per heavy atom. The number of nitrogens with zero attached hydrogens (tertiary/aromatic N) is 2. The van der Waals surface area contributed by atoms with Gasteiger partial charge in [0.15, 0.2) is 11.5 Å². The van der Waals surface area contributed by atoms with Gasteiger partial charge in [0.05, 0.1) is 37.5 Å². The molecule has 0 bridgehead atoms. The van der Waals surface area contributed by atoms with Crippen LogP contribution >= 0.6 is 0 Å². The Labute approximate surface area is 219 Å². The third-order valence-electron chi connectivity index (χ3n) is 5.69. The van der Waals surface area contributed by atoms with Gasteiger partial charge in [0.1, 0.15) is 12.3 Å². The summed E-state index contributed by atoms with van der Waals surface area (Å²) in [4.78, 5) is 14.2. The summed E-state index contributed by atoms with van der Waals surface area (Å²) in [6, 6.07) is 14.5. The van der Waals surface area contributed by atoms with Crippen LogP contribution in [0.25, 0.3) is 0 Å². The van der Waals surface area contributed by atoms with Gasteiger partial charge in [-0.1, -0.05) is 18.2 Å². The second kappa shape index (κ2) is 11.6. The van der Waals surface area contributed by atoms with Gasteiger partial charge in [-0.15, -0.1) is 0 Å². The summed E-state index contributed by atoms with van der Waals surface area (Å²) in [6.07, 6.45) is -4.72. The summed E-state index contributed by atoms with van der Waals surface area (Å²) >= 11 is 0. The summed E-state index contributed by atoms with van der Waals surface area (Å²) in [5, 5.41) is 0. The van der Waals surface area contributed by atoms with E-state index in [-0.39, 0.29) is 28.6 Å². The van der Waals surface area contributed by atoms with Crippen molar-refractivity contribution in [1.29, 1.82) is 0 Å². The molecule has 0 N–H and O–H groups in total. The number of amides is 1. The van der Waals surface area contributed by atoms with Gasteiger partial charge < -0.3 is 19.1 Å². The van der Waals surface area contributed by atoms with Crippen molar-refractivity contribution in [2.45, 2.75) is 17.6 Å². The first-order valence-corrected chi connectivity index (χ1v) is 12.6. The molecule has 0 spiro atoms. The average molecular weight is 553 g/mol. The van der Waals surface area contributed by atoms with Crippen molar-refractivity contribution in [3.63, 3.8) is 0 Å². The zero-order chi connectivity index (χ0) is 28.1. The number of alkyl halides is 3. The number of ether oxygens (including phenoxy) is 3. The van der Waals surface area contributed by atoms with E-state index in [0.29, 0.717) is 16.1 Å². The number of likely N-dealkylation sites (N-methyl/N-ethyl adjacent to an activating group) is 1. The molecule has 0 aromatic heterocycles. The standard InChI is InChI=1S/C26H27F3N2O6S/c1-30(16-18-8-10-21(35-2)11-9-18)25(32)17-31(20-7-5-6-19(14-20)26(27,28)29)38(33,34)22-12-13-23(36-3)24(15-22)37-4/h5-15H,16-17H2,1-4H3. The molecule has 0 atom stereocenters. The molecule has 0 aliphatic carbocycles. The lowest BCUT2D eigenvalue weighted by molar-refractivity contribution is -0.137. The van der Waals surface area contributed by atoms with Crippen LogP contribution in [0, 0.1) is 0 Å². The van der Waals surface area contributed by atoms with Crippen LogP contribution in [-0.2, 0) is 27.5 Å². The van der Waals surface area contributed by atoms with Crippen molar-refractivity contribution >= 4 is 21.6 Å². The lowest BCUT2D eigenvalue weighted by atomic mass is 10.2. The number of hydrogen-bond donors (Lipinski definition) is 0. The van der Waals surface area contributed by atoms with Gasteiger partial charge in [-0.3, -0.25) is 9.10 Å². The van der Waals surface area contributed by atoms with Gasteiger partial charge in [0, 0.05) is 19.7 Å². The third kappa shape index (κ3) is 6.49. The molecule has 0 saturated heterocycles. The van der Waals surface area contributed by atoms with Crippen LogP contribution in [0.1, 0.15) is 11.1 Å². The van der Waals surface area contributed by atoms with E-state index >= 15 is 0 Å². The van der Waals surface area contributed by atoms with E-state index in [1.807, 2.05) is 0 Å². The van der Waals surface area contributed by atoms with Crippen molar-refractivity contribution in [2.24, 2.45) is 0 Å². The number of sulfonamides is 1. The predicted molar refractivity (Wildman–Crippen MR) is 135 cm³/mol. The van der Waals surface area contributed by atoms with Gasteiger partial charge in [-0.25, -0.2) is 8.42 Å². The largest absolute Gasteiger partial charge is 0.497 e. The molecule has 8 nitrogen and oxygen atoms in total. The zero-order valence-corrected chi connectivity index (χ0v) is 22.0. The van der Waals surface area contributed by atoms with E-state index < -0.39 is 34.2 Å². The van der Waals surface area contributed by atoms with E-state index in [9.17, 15) is 26.4 Å². The van der Waals surface area contributed by atoms with Crippen LogP contribution in [0.3, 0.4) is 0 Å². The number of benzene rings is 3. The minimum atomic E-state index is -4.72. The van der Waals surface area contributed by atoms with E-state index in [1.54, 1.807) is 24.3 Å². The highest BCUT2D eigenvalue weighted by Crippen LogP contribution is 2.35. The monoisotopic (exact) mass is 552 g/mol. The van der Waals surface area contributed by atoms with Crippen LogP contribution < -0.4 is 18.5 Å². The van der Waals surface area contributed by atoms with E-state index in [0.717, 1.165) is 17.7 Å². The van der Waals surface area contributed by atoms with Gasteiger partial charge in [-0.2, -0.15) is 13.2 Å². The number of anilines is 1. The van der Waals surface area contributed by atoms with E-state index in [2.05, 4.69) is 0 Å². The maximum Gasteiger partial charge on any atom is 0.416 e. The molecule has 0 aliphatic rings. The normalized spacial score (nSPS) is 11.6. The Kier molecular flexibility index (Phi) is 8.77. The van der Waals surface area contributed by atoms with Gasteiger partial charge in [0.2, 0.25) is 5.91 Å². The number of carbonyl (C=O) groups is 1. The molecule has 3 aromatic carbocycles. The summed E-state index contributed by atoms with van der Waals surface area (Å²) < 4.78 is 83.8. The first kappa shape index (κ1) is 28.6. The summed E-state index contributed by atoms with van der Waals surface area (Å²) in [5.74, 6) is 0.342. The van der Waals surface area contributed by atoms with Gasteiger partial charge in [-0.05, 0) is 48.0 Å². The predicted octanol–water partition coefficient (Wildman–Crippen LogP) is 4.59. The molecule has 0 radical (unpaired) electrons. The Bertz CT molecular complexity index is 1380. The molecule has 38 heavy (non-hydrogen) atoms. The molecular weight excluding hydrogens is 525 g/mol. The summed E-state index contributed by atoms with van der Waals surface area (Å²) in [6.45, 7) is -0.611. The second-order valence-electron chi connectivity index (χ2n) is 8.17. The molecular formula is C26H27F3N2O6S. The van der Waals surface area contributed by atoms with Crippen LogP contribution in [-0.4, -0.2) is 54.1 Å². The molecule has 204 valence electrons. The first-order valence-electron chi connectivity index (χ1n) is 11.2. The number of rotatable bonds is 10. The molecule has 0 heterocycles. The number of hydrogen-bond acceptors (Lipinski definition) is 6. The Morgan fingerprint density at radius 1 is 0.868 bits per heavy atom. The van der Waals surface area contributed by atoms with Crippen molar-refractivity contribution in [3.05, 3.63) is 77.9 Å². The fourth-order valence-electron chi connectivity index (χ4n) is 3.59. The highest BCUT2D eigenvalue weighted by atomic mass is 32.2. The summed E-state index contributed by atoms with van der Waals surface area (Å²) in [7, 11) is 1.16. The SMILES string of the molecule is COc1ccc(CN(C)C(=O)CN(c2cccc(C(F)(F)F)c2)S(=O)(=O)c2ccc(OC)c(OC)c2)cc1. The average Bonchev–Trinajstić information content (AvgIpc) is 2.90. The quantitative estimate of drug-likeness (QED) is 0.366. The first-order chi connectivity index (χ1) is 17.9. The number of halogens is 3. The number of carbonyl (C=O) groups excluding carboxylic acids is 1. The number of methoxy groups -OCH3 is 3. The molecule has 0 fully saturated rings. The maximum absolute atomic E-state index is 13.7. The minimum Gasteiger partial charge on any atom is -0.497 e. The molecule has 0 aliphatic heterocycles. The third-order valence-corrected chi connectivity index (χ3v) is 7.46. The van der Waals surface area contributed by atoms with E-state index in [4.69, 9.17) is 14.2 Å². The molecule has 1 amide bonds. The fraction of sp³-hybridized carbons (Fsp3) is 0.269.